The highest BCUT2D eigenvalue weighted by Crippen LogP contribution is 2.24. The van der Waals surface area contributed by atoms with Gasteiger partial charge in [-0.25, -0.2) is 8.42 Å². The number of aliphatic hydroxyl groups excluding tert-OH is 1. The first kappa shape index (κ1) is 16.4. The Bertz CT molecular complexity index is 577. The molecule has 0 bridgehead atoms. The van der Waals surface area contributed by atoms with E-state index in [0.29, 0.717) is 25.1 Å². The third-order valence-electron chi connectivity index (χ3n) is 3.65. The van der Waals surface area contributed by atoms with E-state index in [0.717, 1.165) is 0 Å². The van der Waals surface area contributed by atoms with Crippen LogP contribution in [0, 0.1) is 0 Å². The number of benzene rings is 1. The molecule has 0 aliphatic carbocycles. The quantitative estimate of drug-likeness (QED) is 0.922. The van der Waals surface area contributed by atoms with Gasteiger partial charge in [0.25, 0.3) is 0 Å². The van der Waals surface area contributed by atoms with Gasteiger partial charge in [0.2, 0.25) is 10.0 Å². The van der Waals surface area contributed by atoms with Gasteiger partial charge in [-0.3, -0.25) is 0 Å². The van der Waals surface area contributed by atoms with Gasteiger partial charge < -0.3 is 9.84 Å². The first-order valence-corrected chi connectivity index (χ1v) is 8.72. The number of rotatable bonds is 4. The molecule has 3 atom stereocenters. The fourth-order valence-corrected chi connectivity index (χ4v) is 4.24. The fraction of sp³-hybridized carbons (Fsp3) is 0.600. The van der Waals surface area contributed by atoms with Gasteiger partial charge in [0.15, 0.2) is 0 Å². The van der Waals surface area contributed by atoms with Crippen molar-refractivity contribution in [2.45, 2.75) is 50.4 Å². The van der Waals surface area contributed by atoms with E-state index in [1.165, 1.54) is 4.31 Å². The van der Waals surface area contributed by atoms with Crippen molar-refractivity contribution in [2.24, 2.45) is 0 Å². The van der Waals surface area contributed by atoms with Gasteiger partial charge in [-0.15, -0.1) is 0 Å². The van der Waals surface area contributed by atoms with Gasteiger partial charge in [-0.2, -0.15) is 4.31 Å². The average molecular weight is 313 g/mol. The number of sulfonamides is 1. The minimum atomic E-state index is -3.55. The molecule has 1 aromatic carbocycles. The third-order valence-corrected chi connectivity index (χ3v) is 5.48. The Morgan fingerprint density at radius 1 is 1.33 bits per heavy atom. The molecule has 1 aliphatic rings. The Kier molecular flexibility index (Phi) is 5.03. The maximum Gasteiger partial charge on any atom is 0.243 e. The summed E-state index contributed by atoms with van der Waals surface area (Å²) in [6.07, 6.45) is -0.321. The van der Waals surface area contributed by atoms with Crippen LogP contribution in [0.3, 0.4) is 0 Å². The number of aliphatic hydroxyl groups is 1. The third kappa shape index (κ3) is 3.63. The van der Waals surface area contributed by atoms with Crippen LogP contribution < -0.4 is 0 Å². The molecule has 3 unspecified atom stereocenters. The second-order valence-corrected chi connectivity index (χ2v) is 7.51. The van der Waals surface area contributed by atoms with Crippen LogP contribution in [0.2, 0.25) is 0 Å². The van der Waals surface area contributed by atoms with Crippen LogP contribution in [-0.4, -0.2) is 43.1 Å². The Balaban J connectivity index is 2.31. The van der Waals surface area contributed by atoms with E-state index in [9.17, 15) is 13.5 Å². The number of nitrogens with zero attached hydrogens (tertiary/aromatic N) is 1. The molecule has 5 nitrogen and oxygen atoms in total. The zero-order chi connectivity index (χ0) is 15.6. The van der Waals surface area contributed by atoms with E-state index in [1.54, 1.807) is 24.3 Å². The van der Waals surface area contributed by atoms with Crippen LogP contribution in [0.1, 0.15) is 38.9 Å². The first-order chi connectivity index (χ1) is 9.84. The lowest BCUT2D eigenvalue weighted by molar-refractivity contribution is -0.0440. The van der Waals surface area contributed by atoms with E-state index >= 15 is 0 Å². The fourth-order valence-electron chi connectivity index (χ4n) is 2.59. The van der Waals surface area contributed by atoms with E-state index in [4.69, 9.17) is 4.74 Å². The van der Waals surface area contributed by atoms with Gasteiger partial charge >= 0.3 is 0 Å². The largest absolute Gasteiger partial charge is 0.388 e. The number of hydrogen-bond acceptors (Lipinski definition) is 4. The Hall–Kier alpha value is -0.950. The topological polar surface area (TPSA) is 66.8 Å². The molecule has 1 heterocycles. The monoisotopic (exact) mass is 313 g/mol. The highest BCUT2D eigenvalue weighted by Gasteiger charge is 2.32. The normalized spacial score (nSPS) is 25.7. The second-order valence-electron chi connectivity index (χ2n) is 5.58. The molecule has 1 aromatic rings. The Morgan fingerprint density at radius 3 is 2.52 bits per heavy atom. The summed E-state index contributed by atoms with van der Waals surface area (Å²) in [5, 5.41) is 9.89. The predicted octanol–water partition coefficient (Wildman–Crippen LogP) is 1.93. The van der Waals surface area contributed by atoms with Crippen LogP contribution in [-0.2, 0) is 14.8 Å². The van der Waals surface area contributed by atoms with E-state index in [1.807, 2.05) is 20.8 Å². The molecular formula is C15H23NO4S. The molecule has 1 saturated heterocycles. The van der Waals surface area contributed by atoms with Crippen molar-refractivity contribution in [1.29, 1.82) is 0 Å². The standard InChI is InChI=1S/C15H23NO4S/c1-4-15(17)13-6-5-7-14(8-13)21(18,19)16-9-11(2)20-12(3)10-16/h5-8,11-12,15,17H,4,9-10H2,1-3H3. The van der Waals surface area contributed by atoms with Crippen LogP contribution in [0.4, 0.5) is 0 Å². The second kappa shape index (κ2) is 6.44. The zero-order valence-corrected chi connectivity index (χ0v) is 13.5. The molecule has 118 valence electrons. The molecule has 0 spiro atoms. The average Bonchev–Trinajstić information content (AvgIpc) is 2.45. The Labute approximate surface area is 126 Å². The van der Waals surface area contributed by atoms with Crippen molar-refractivity contribution in [3.8, 4) is 0 Å². The lowest BCUT2D eigenvalue weighted by Crippen LogP contribution is -2.48. The summed E-state index contributed by atoms with van der Waals surface area (Å²) in [5.41, 5.74) is 0.632. The molecule has 1 fully saturated rings. The lowest BCUT2D eigenvalue weighted by Gasteiger charge is -2.34. The summed E-state index contributed by atoms with van der Waals surface area (Å²) in [5.74, 6) is 0. The van der Waals surface area contributed by atoms with E-state index in [2.05, 4.69) is 0 Å². The molecular weight excluding hydrogens is 290 g/mol. The van der Waals surface area contributed by atoms with Crippen LogP contribution in [0.15, 0.2) is 29.2 Å². The highest BCUT2D eigenvalue weighted by molar-refractivity contribution is 7.89. The van der Waals surface area contributed by atoms with Gasteiger partial charge in [0.05, 0.1) is 23.2 Å². The maximum absolute atomic E-state index is 12.7. The van der Waals surface area contributed by atoms with Crippen molar-refractivity contribution >= 4 is 10.0 Å². The van der Waals surface area contributed by atoms with Gasteiger partial charge in [0.1, 0.15) is 0 Å². The highest BCUT2D eigenvalue weighted by atomic mass is 32.2. The molecule has 6 heteroatoms. The lowest BCUT2D eigenvalue weighted by atomic mass is 10.1. The van der Waals surface area contributed by atoms with Crippen LogP contribution >= 0.6 is 0 Å². The van der Waals surface area contributed by atoms with Gasteiger partial charge in [-0.05, 0) is 38.0 Å². The maximum atomic E-state index is 12.7. The van der Waals surface area contributed by atoms with Crippen LogP contribution in [0.25, 0.3) is 0 Å². The summed E-state index contributed by atoms with van der Waals surface area (Å²) < 4.78 is 32.5. The minimum Gasteiger partial charge on any atom is -0.388 e. The summed E-state index contributed by atoms with van der Waals surface area (Å²) in [4.78, 5) is 0.230. The first-order valence-electron chi connectivity index (χ1n) is 7.28. The molecule has 2 rings (SSSR count). The van der Waals surface area contributed by atoms with Crippen molar-refractivity contribution < 1.29 is 18.3 Å². The molecule has 0 aromatic heterocycles. The molecule has 21 heavy (non-hydrogen) atoms. The minimum absolute atomic E-state index is 0.118. The molecule has 0 radical (unpaired) electrons. The van der Waals surface area contributed by atoms with Crippen molar-refractivity contribution in [2.75, 3.05) is 13.1 Å². The smallest absolute Gasteiger partial charge is 0.243 e. The molecule has 1 aliphatic heterocycles. The summed E-state index contributed by atoms with van der Waals surface area (Å²) in [6, 6.07) is 6.56. The number of morpholine rings is 1. The number of hydrogen-bond donors (Lipinski definition) is 1. The molecule has 0 amide bonds. The number of ether oxygens (including phenoxy) is 1. The van der Waals surface area contributed by atoms with E-state index < -0.39 is 16.1 Å². The molecule has 0 saturated carbocycles. The zero-order valence-electron chi connectivity index (χ0n) is 12.7. The van der Waals surface area contributed by atoms with E-state index in [-0.39, 0.29) is 17.1 Å². The van der Waals surface area contributed by atoms with Crippen molar-refractivity contribution in [3.05, 3.63) is 29.8 Å². The van der Waals surface area contributed by atoms with Crippen molar-refractivity contribution in [3.63, 3.8) is 0 Å². The summed E-state index contributed by atoms with van der Waals surface area (Å²) >= 11 is 0. The predicted molar refractivity (Wildman–Crippen MR) is 80.5 cm³/mol. The van der Waals surface area contributed by atoms with Gasteiger partial charge in [0, 0.05) is 13.1 Å². The van der Waals surface area contributed by atoms with Crippen molar-refractivity contribution in [1.82, 2.24) is 4.31 Å². The molecule has 1 N–H and O–H groups in total. The van der Waals surface area contributed by atoms with Gasteiger partial charge in [-0.1, -0.05) is 19.1 Å². The summed E-state index contributed by atoms with van der Waals surface area (Å²) in [6.45, 7) is 6.31. The Morgan fingerprint density at radius 2 is 1.95 bits per heavy atom. The van der Waals surface area contributed by atoms with Crippen LogP contribution in [0.5, 0.6) is 0 Å². The summed E-state index contributed by atoms with van der Waals surface area (Å²) in [7, 11) is -3.55. The SMILES string of the molecule is CCC(O)c1cccc(S(=O)(=O)N2CC(C)OC(C)C2)c1.